The number of aryl methyl sites for hydroxylation is 1. The molecule has 0 aliphatic carbocycles. The van der Waals surface area contributed by atoms with Crippen LogP contribution in [0, 0.1) is 6.92 Å². The molecule has 1 aromatic heterocycles. The maximum absolute atomic E-state index is 12.1. The fourth-order valence-electron chi connectivity index (χ4n) is 2.19. The van der Waals surface area contributed by atoms with Crippen LogP contribution >= 0.6 is 0 Å². The molecule has 6 nitrogen and oxygen atoms in total. The zero-order chi connectivity index (χ0) is 13.8. The third-order valence-electron chi connectivity index (χ3n) is 3.49. The van der Waals surface area contributed by atoms with E-state index in [1.165, 1.54) is 17.0 Å². The second-order valence-electron chi connectivity index (χ2n) is 4.81. The van der Waals surface area contributed by atoms with Crippen molar-refractivity contribution in [2.24, 2.45) is 0 Å². The van der Waals surface area contributed by atoms with Crippen molar-refractivity contribution < 1.29 is 4.79 Å². The van der Waals surface area contributed by atoms with E-state index in [2.05, 4.69) is 16.8 Å². The van der Waals surface area contributed by atoms with Crippen molar-refractivity contribution in [3.05, 3.63) is 28.4 Å². The van der Waals surface area contributed by atoms with E-state index in [4.69, 9.17) is 0 Å². The zero-order valence-corrected chi connectivity index (χ0v) is 11.5. The molecule has 1 fully saturated rings. The minimum absolute atomic E-state index is 0.0106. The van der Waals surface area contributed by atoms with Crippen LogP contribution < -0.4 is 5.56 Å². The van der Waals surface area contributed by atoms with Crippen molar-refractivity contribution in [2.45, 2.75) is 20.4 Å². The summed E-state index contributed by atoms with van der Waals surface area (Å²) in [6, 6.07) is 1.45. The summed E-state index contributed by atoms with van der Waals surface area (Å²) in [5, 5.41) is 0. The Hall–Kier alpha value is -1.69. The van der Waals surface area contributed by atoms with Gasteiger partial charge in [0.2, 0.25) is 5.91 Å². The van der Waals surface area contributed by atoms with Gasteiger partial charge in [-0.3, -0.25) is 14.2 Å². The molecule has 0 saturated carbocycles. The summed E-state index contributed by atoms with van der Waals surface area (Å²) in [7, 11) is 0. The summed E-state index contributed by atoms with van der Waals surface area (Å²) < 4.78 is 1.36. The predicted molar refractivity (Wildman–Crippen MR) is 71.9 cm³/mol. The highest BCUT2D eigenvalue weighted by atomic mass is 16.2. The van der Waals surface area contributed by atoms with Gasteiger partial charge in [-0.2, -0.15) is 0 Å². The minimum Gasteiger partial charge on any atom is -0.339 e. The van der Waals surface area contributed by atoms with Crippen molar-refractivity contribution in [3.63, 3.8) is 0 Å². The van der Waals surface area contributed by atoms with Crippen LogP contribution in [0.5, 0.6) is 0 Å². The van der Waals surface area contributed by atoms with E-state index >= 15 is 0 Å². The first-order valence-electron chi connectivity index (χ1n) is 6.63. The molecule has 1 aliphatic rings. The van der Waals surface area contributed by atoms with E-state index in [1.54, 1.807) is 6.92 Å². The van der Waals surface area contributed by atoms with Gasteiger partial charge in [-0.1, -0.05) is 6.92 Å². The lowest BCUT2D eigenvalue weighted by atomic mass is 10.3. The highest BCUT2D eigenvalue weighted by Gasteiger charge is 2.20. The fraction of sp³-hybridized carbons (Fsp3) is 0.615. The van der Waals surface area contributed by atoms with Crippen LogP contribution in [0.2, 0.25) is 0 Å². The first-order valence-corrected chi connectivity index (χ1v) is 6.63. The molecule has 0 spiro atoms. The third-order valence-corrected chi connectivity index (χ3v) is 3.49. The average Bonchev–Trinajstić information content (AvgIpc) is 2.42. The Labute approximate surface area is 112 Å². The molecule has 2 rings (SSSR count). The van der Waals surface area contributed by atoms with Crippen LogP contribution in [-0.4, -0.2) is 58.0 Å². The molecule has 0 radical (unpaired) electrons. The number of carbonyl (C=O) groups is 1. The van der Waals surface area contributed by atoms with Crippen LogP contribution in [0.15, 0.2) is 17.2 Å². The van der Waals surface area contributed by atoms with Gasteiger partial charge >= 0.3 is 0 Å². The van der Waals surface area contributed by atoms with E-state index in [9.17, 15) is 9.59 Å². The summed E-state index contributed by atoms with van der Waals surface area (Å²) in [5.74, 6) is -0.0106. The van der Waals surface area contributed by atoms with Gasteiger partial charge in [-0.25, -0.2) is 4.98 Å². The highest BCUT2D eigenvalue weighted by molar-refractivity contribution is 5.76. The summed E-state index contributed by atoms with van der Waals surface area (Å²) in [6.07, 6.45) is 1.44. The Morgan fingerprint density at radius 2 is 2.00 bits per heavy atom. The minimum atomic E-state index is -0.173. The standard InChI is InChI=1S/C13H20N4O2/c1-3-15-4-6-16(7-5-15)13(19)9-17-10-14-11(2)8-12(17)18/h8,10H,3-7,9H2,1-2H3. The monoisotopic (exact) mass is 264 g/mol. The lowest BCUT2D eigenvalue weighted by molar-refractivity contribution is -0.133. The van der Waals surface area contributed by atoms with Crippen LogP contribution in [0.3, 0.4) is 0 Å². The van der Waals surface area contributed by atoms with Crippen molar-refractivity contribution in [3.8, 4) is 0 Å². The molecule has 0 atom stereocenters. The number of amides is 1. The Bertz CT molecular complexity index is 504. The lowest BCUT2D eigenvalue weighted by Gasteiger charge is -2.34. The first-order chi connectivity index (χ1) is 9.10. The lowest BCUT2D eigenvalue weighted by Crippen LogP contribution is -2.49. The maximum Gasteiger partial charge on any atom is 0.253 e. The molecule has 0 N–H and O–H groups in total. The van der Waals surface area contributed by atoms with Gasteiger partial charge in [0.1, 0.15) is 6.54 Å². The molecule has 2 heterocycles. The van der Waals surface area contributed by atoms with Crippen molar-refractivity contribution >= 4 is 5.91 Å². The molecule has 6 heteroatoms. The van der Waals surface area contributed by atoms with Crippen LogP contribution in [0.25, 0.3) is 0 Å². The number of aromatic nitrogens is 2. The van der Waals surface area contributed by atoms with Gasteiger partial charge in [-0.05, 0) is 13.5 Å². The number of piperazine rings is 1. The van der Waals surface area contributed by atoms with Gasteiger partial charge in [0, 0.05) is 37.9 Å². The van der Waals surface area contributed by atoms with Gasteiger partial charge in [0.05, 0.1) is 6.33 Å². The average molecular weight is 264 g/mol. The van der Waals surface area contributed by atoms with E-state index in [0.717, 1.165) is 32.7 Å². The van der Waals surface area contributed by atoms with Crippen molar-refractivity contribution in [2.75, 3.05) is 32.7 Å². The molecule has 0 bridgehead atoms. The second kappa shape index (κ2) is 5.97. The molecule has 1 aliphatic heterocycles. The molecular weight excluding hydrogens is 244 g/mol. The second-order valence-corrected chi connectivity index (χ2v) is 4.81. The summed E-state index contributed by atoms with van der Waals surface area (Å²) in [4.78, 5) is 32.0. The molecule has 0 unspecified atom stereocenters. The van der Waals surface area contributed by atoms with Crippen molar-refractivity contribution in [1.82, 2.24) is 19.4 Å². The molecule has 1 aromatic rings. The van der Waals surface area contributed by atoms with Crippen molar-refractivity contribution in [1.29, 1.82) is 0 Å². The molecule has 104 valence electrons. The van der Waals surface area contributed by atoms with Gasteiger partial charge in [0.15, 0.2) is 0 Å². The summed E-state index contributed by atoms with van der Waals surface area (Å²) in [6.45, 7) is 8.27. The summed E-state index contributed by atoms with van der Waals surface area (Å²) >= 11 is 0. The van der Waals surface area contributed by atoms with Gasteiger partial charge in [-0.15, -0.1) is 0 Å². The van der Waals surface area contributed by atoms with E-state index in [1.807, 2.05) is 4.90 Å². The smallest absolute Gasteiger partial charge is 0.253 e. The van der Waals surface area contributed by atoms with E-state index in [0.29, 0.717) is 5.69 Å². The fourth-order valence-corrected chi connectivity index (χ4v) is 2.19. The van der Waals surface area contributed by atoms with E-state index in [-0.39, 0.29) is 18.0 Å². The van der Waals surface area contributed by atoms with Gasteiger partial charge in [0.25, 0.3) is 5.56 Å². The number of carbonyl (C=O) groups excluding carboxylic acids is 1. The Balaban J connectivity index is 1.96. The summed E-state index contributed by atoms with van der Waals surface area (Å²) in [5.41, 5.74) is 0.498. The normalized spacial score (nSPS) is 16.6. The maximum atomic E-state index is 12.1. The molecule has 19 heavy (non-hydrogen) atoms. The quantitative estimate of drug-likeness (QED) is 0.753. The number of hydrogen-bond donors (Lipinski definition) is 0. The highest BCUT2D eigenvalue weighted by Crippen LogP contribution is 2.02. The van der Waals surface area contributed by atoms with Crippen LogP contribution in [0.4, 0.5) is 0 Å². The first kappa shape index (κ1) is 13.7. The Morgan fingerprint density at radius 1 is 1.32 bits per heavy atom. The molecular formula is C13H20N4O2. The SMILES string of the molecule is CCN1CCN(C(=O)Cn2cnc(C)cc2=O)CC1. The van der Waals surface area contributed by atoms with Gasteiger partial charge < -0.3 is 9.80 Å². The number of nitrogens with zero attached hydrogens (tertiary/aromatic N) is 4. The molecule has 1 saturated heterocycles. The largest absolute Gasteiger partial charge is 0.339 e. The predicted octanol–water partition coefficient (Wildman–Crippen LogP) is -0.284. The Morgan fingerprint density at radius 3 is 2.58 bits per heavy atom. The molecule has 1 amide bonds. The number of likely N-dealkylation sites (N-methyl/N-ethyl adjacent to an activating group) is 1. The number of rotatable bonds is 3. The number of hydrogen-bond acceptors (Lipinski definition) is 4. The van der Waals surface area contributed by atoms with Crippen LogP contribution in [0.1, 0.15) is 12.6 Å². The van der Waals surface area contributed by atoms with Crippen LogP contribution in [-0.2, 0) is 11.3 Å². The topological polar surface area (TPSA) is 58.4 Å². The molecule has 0 aromatic carbocycles. The Kier molecular flexibility index (Phi) is 4.31. The zero-order valence-electron chi connectivity index (χ0n) is 11.5. The van der Waals surface area contributed by atoms with E-state index < -0.39 is 0 Å². The third kappa shape index (κ3) is 3.41.